The van der Waals surface area contributed by atoms with Gasteiger partial charge in [0.15, 0.2) is 0 Å². The zero-order chi connectivity index (χ0) is 13.5. The molecule has 0 saturated carbocycles. The van der Waals surface area contributed by atoms with E-state index in [1.165, 1.54) is 51.0 Å². The van der Waals surface area contributed by atoms with E-state index >= 15 is 0 Å². The molecule has 0 aliphatic rings. The molecular weight excluding hydrogens is 248 g/mol. The summed E-state index contributed by atoms with van der Waals surface area (Å²) < 4.78 is 4.91. The molecule has 0 heterocycles. The van der Waals surface area contributed by atoms with E-state index < -0.39 is 0 Å². The van der Waals surface area contributed by atoms with Gasteiger partial charge in [0, 0.05) is 12.0 Å². The van der Waals surface area contributed by atoms with Crippen molar-refractivity contribution in [2.75, 3.05) is 12.5 Å². The average molecular weight is 275 g/mol. The van der Waals surface area contributed by atoms with Crippen LogP contribution in [0.3, 0.4) is 0 Å². The molecule has 0 aromatic carbocycles. The Kier molecular flexibility index (Phi) is 14.2. The van der Waals surface area contributed by atoms with Crippen LogP contribution in [-0.4, -0.2) is 18.5 Å². The zero-order valence-corrected chi connectivity index (χ0v) is 12.2. The molecule has 0 N–H and O–H groups in total. The van der Waals surface area contributed by atoms with Gasteiger partial charge in [-0.05, 0) is 12.8 Å². The molecule has 0 aromatic heterocycles. The van der Waals surface area contributed by atoms with Gasteiger partial charge >= 0.3 is 5.97 Å². The molecule has 0 fully saturated rings. The van der Waals surface area contributed by atoms with Crippen molar-refractivity contribution in [1.29, 1.82) is 0 Å². The highest BCUT2D eigenvalue weighted by Crippen LogP contribution is 2.10. The Bertz CT molecular complexity index is 205. The van der Waals surface area contributed by atoms with Gasteiger partial charge in [-0.15, -0.1) is 11.6 Å². The van der Waals surface area contributed by atoms with Crippen molar-refractivity contribution in [3.05, 3.63) is 12.7 Å². The van der Waals surface area contributed by atoms with Crippen LogP contribution in [0.25, 0.3) is 0 Å². The van der Waals surface area contributed by atoms with Gasteiger partial charge in [0.25, 0.3) is 0 Å². The lowest BCUT2D eigenvalue weighted by molar-refractivity contribution is -0.137. The first-order valence-corrected chi connectivity index (χ1v) is 7.70. The minimum atomic E-state index is -0.313. The molecule has 0 spiro atoms. The van der Waals surface area contributed by atoms with Gasteiger partial charge in [-0.1, -0.05) is 57.9 Å². The zero-order valence-electron chi connectivity index (χ0n) is 11.5. The summed E-state index contributed by atoms with van der Waals surface area (Å²) in [5.74, 6) is 0.489. The fourth-order valence-electron chi connectivity index (χ4n) is 1.84. The van der Waals surface area contributed by atoms with Crippen molar-refractivity contribution >= 4 is 17.6 Å². The van der Waals surface area contributed by atoms with Gasteiger partial charge in [0.2, 0.25) is 0 Å². The average Bonchev–Trinajstić information content (AvgIpc) is 2.39. The van der Waals surface area contributed by atoms with E-state index in [0.29, 0.717) is 6.61 Å². The summed E-state index contributed by atoms with van der Waals surface area (Å²) in [5.41, 5.74) is 0. The van der Waals surface area contributed by atoms with Gasteiger partial charge in [-0.2, -0.15) is 0 Å². The van der Waals surface area contributed by atoms with E-state index in [-0.39, 0.29) is 5.97 Å². The Morgan fingerprint density at radius 2 is 1.33 bits per heavy atom. The fraction of sp³-hybridized carbons (Fsp3) is 0.800. The van der Waals surface area contributed by atoms with Crippen molar-refractivity contribution in [3.8, 4) is 0 Å². The topological polar surface area (TPSA) is 26.3 Å². The van der Waals surface area contributed by atoms with Gasteiger partial charge in [0.05, 0.1) is 6.61 Å². The molecule has 0 saturated heterocycles. The summed E-state index contributed by atoms with van der Waals surface area (Å²) in [6.07, 6.45) is 13.6. The van der Waals surface area contributed by atoms with Crippen molar-refractivity contribution in [1.82, 2.24) is 0 Å². The number of carbonyl (C=O) groups excluding carboxylic acids is 1. The molecule has 106 valence electrons. The molecule has 0 rings (SSSR count). The SMILES string of the molecule is C=CC(=O)OCCCCCCCCCCCCCl. The number of unbranched alkanes of at least 4 members (excludes halogenated alkanes) is 9. The minimum absolute atomic E-state index is 0.313. The van der Waals surface area contributed by atoms with Crippen LogP contribution >= 0.6 is 11.6 Å². The highest BCUT2D eigenvalue weighted by molar-refractivity contribution is 6.17. The third kappa shape index (κ3) is 13.6. The lowest BCUT2D eigenvalue weighted by Crippen LogP contribution is -2.01. The van der Waals surface area contributed by atoms with Gasteiger partial charge in [0.1, 0.15) is 0 Å². The molecule has 0 atom stereocenters. The first kappa shape index (κ1) is 17.5. The van der Waals surface area contributed by atoms with Crippen molar-refractivity contribution < 1.29 is 9.53 Å². The van der Waals surface area contributed by atoms with Crippen LogP contribution in [-0.2, 0) is 9.53 Å². The minimum Gasteiger partial charge on any atom is -0.463 e. The molecule has 0 aliphatic heterocycles. The van der Waals surface area contributed by atoms with Crippen LogP contribution in [0, 0.1) is 0 Å². The largest absolute Gasteiger partial charge is 0.463 e. The number of ether oxygens (including phenoxy) is 1. The second-order valence-corrected chi connectivity index (χ2v) is 4.97. The molecular formula is C15H27ClO2. The number of hydrogen-bond donors (Lipinski definition) is 0. The third-order valence-electron chi connectivity index (χ3n) is 2.94. The highest BCUT2D eigenvalue weighted by atomic mass is 35.5. The second kappa shape index (κ2) is 14.6. The van der Waals surface area contributed by atoms with Crippen LogP contribution in [0.2, 0.25) is 0 Å². The van der Waals surface area contributed by atoms with Crippen LogP contribution in [0.5, 0.6) is 0 Å². The van der Waals surface area contributed by atoms with E-state index in [1.54, 1.807) is 0 Å². The number of hydrogen-bond acceptors (Lipinski definition) is 2. The van der Waals surface area contributed by atoms with Crippen molar-refractivity contribution in [2.45, 2.75) is 64.2 Å². The Morgan fingerprint density at radius 1 is 0.889 bits per heavy atom. The maximum absolute atomic E-state index is 10.7. The lowest BCUT2D eigenvalue weighted by Gasteiger charge is -2.03. The standard InChI is InChI=1S/C15H27ClO2/c1-2-15(17)18-14-12-10-8-6-4-3-5-7-9-11-13-16/h2H,1,3-14H2. The summed E-state index contributed by atoms with van der Waals surface area (Å²) >= 11 is 5.62. The number of halogens is 1. The third-order valence-corrected chi connectivity index (χ3v) is 3.21. The fourth-order valence-corrected chi connectivity index (χ4v) is 2.03. The predicted molar refractivity (Wildman–Crippen MR) is 78.0 cm³/mol. The molecule has 3 heteroatoms. The first-order chi connectivity index (χ1) is 8.81. The Labute approximate surface area is 117 Å². The summed E-state index contributed by atoms with van der Waals surface area (Å²) in [4.78, 5) is 10.7. The van der Waals surface area contributed by atoms with E-state index in [9.17, 15) is 4.79 Å². The maximum atomic E-state index is 10.7. The monoisotopic (exact) mass is 274 g/mol. The van der Waals surface area contributed by atoms with Crippen LogP contribution < -0.4 is 0 Å². The Balaban J connectivity index is 2.98. The highest BCUT2D eigenvalue weighted by Gasteiger charge is 1.95. The van der Waals surface area contributed by atoms with E-state index in [0.717, 1.165) is 25.1 Å². The number of alkyl halides is 1. The van der Waals surface area contributed by atoms with Gasteiger partial charge in [-0.25, -0.2) is 4.79 Å². The molecule has 0 radical (unpaired) electrons. The quantitative estimate of drug-likeness (QED) is 0.208. The molecule has 0 bridgehead atoms. The molecule has 0 unspecified atom stereocenters. The molecule has 18 heavy (non-hydrogen) atoms. The second-order valence-electron chi connectivity index (χ2n) is 4.60. The number of rotatable bonds is 13. The van der Waals surface area contributed by atoms with E-state index in [1.807, 2.05) is 0 Å². The van der Waals surface area contributed by atoms with Gasteiger partial charge < -0.3 is 4.74 Å². The van der Waals surface area contributed by atoms with Crippen LogP contribution in [0.1, 0.15) is 64.2 Å². The number of carbonyl (C=O) groups is 1. The first-order valence-electron chi connectivity index (χ1n) is 7.16. The normalized spacial score (nSPS) is 10.3. The molecule has 2 nitrogen and oxygen atoms in total. The van der Waals surface area contributed by atoms with Crippen LogP contribution in [0.15, 0.2) is 12.7 Å². The maximum Gasteiger partial charge on any atom is 0.330 e. The molecule has 0 aliphatic carbocycles. The summed E-state index contributed by atoms with van der Waals surface area (Å²) in [6, 6.07) is 0. The summed E-state index contributed by atoms with van der Waals surface area (Å²) in [5, 5.41) is 0. The summed E-state index contributed by atoms with van der Waals surface area (Å²) in [6.45, 7) is 3.89. The predicted octanol–water partition coefficient (Wildman–Crippen LogP) is 4.86. The lowest BCUT2D eigenvalue weighted by atomic mass is 10.1. The molecule has 0 aromatic rings. The number of esters is 1. The Morgan fingerprint density at radius 3 is 1.78 bits per heavy atom. The smallest absolute Gasteiger partial charge is 0.330 e. The van der Waals surface area contributed by atoms with Gasteiger partial charge in [-0.3, -0.25) is 0 Å². The Hall–Kier alpha value is -0.500. The van der Waals surface area contributed by atoms with E-state index in [2.05, 4.69) is 6.58 Å². The van der Waals surface area contributed by atoms with Crippen molar-refractivity contribution in [3.63, 3.8) is 0 Å². The van der Waals surface area contributed by atoms with Crippen LogP contribution in [0.4, 0.5) is 0 Å². The van der Waals surface area contributed by atoms with Crippen molar-refractivity contribution in [2.24, 2.45) is 0 Å². The molecule has 0 amide bonds. The summed E-state index contributed by atoms with van der Waals surface area (Å²) in [7, 11) is 0. The van der Waals surface area contributed by atoms with E-state index in [4.69, 9.17) is 16.3 Å².